The zero-order chi connectivity index (χ0) is 15.8. The van der Waals surface area contributed by atoms with Gasteiger partial charge in [0.15, 0.2) is 0 Å². The second-order valence-corrected chi connectivity index (χ2v) is 6.23. The molecule has 0 saturated carbocycles. The van der Waals surface area contributed by atoms with Gasteiger partial charge in [-0.25, -0.2) is 0 Å². The van der Waals surface area contributed by atoms with Crippen molar-refractivity contribution in [2.75, 3.05) is 38.2 Å². The predicted octanol–water partition coefficient (Wildman–Crippen LogP) is 1.39. The topological polar surface area (TPSA) is 61.4 Å². The summed E-state index contributed by atoms with van der Waals surface area (Å²) in [7, 11) is 0. The third-order valence-corrected chi connectivity index (χ3v) is 4.32. The quantitative estimate of drug-likeness (QED) is 0.807. The fourth-order valence-electron chi connectivity index (χ4n) is 2.43. The van der Waals surface area contributed by atoms with E-state index in [2.05, 4.69) is 10.6 Å². The highest BCUT2D eigenvalue weighted by Gasteiger charge is 2.26. The highest BCUT2D eigenvalue weighted by atomic mass is 35.5. The molecule has 0 spiro atoms. The zero-order valence-corrected chi connectivity index (χ0v) is 14.9. The van der Waals surface area contributed by atoms with Crippen LogP contribution in [-0.4, -0.2) is 60.9 Å². The summed E-state index contributed by atoms with van der Waals surface area (Å²) in [5, 5.41) is 6.13. The van der Waals surface area contributed by atoms with Crippen LogP contribution in [0.3, 0.4) is 0 Å². The molecule has 1 atom stereocenters. The molecule has 0 aliphatic carbocycles. The Balaban J connectivity index is 0.00000264. The lowest BCUT2D eigenvalue weighted by Crippen LogP contribution is -2.54. The minimum absolute atomic E-state index is 0. The molecule has 1 aromatic rings. The molecule has 2 N–H and O–H groups in total. The van der Waals surface area contributed by atoms with Crippen LogP contribution in [0, 0.1) is 0 Å². The summed E-state index contributed by atoms with van der Waals surface area (Å²) in [4.78, 5) is 26.8. The maximum atomic E-state index is 12.6. The standard InChI is InChI=1S/C16H23N3O2S.ClH/c1-22-12-7-14(16(21)19-10-8-17-9-11-19)18-15(20)13-5-3-2-4-6-13;/h2-6,14,17H,7-12H2,1H3,(H,18,20);1H. The summed E-state index contributed by atoms with van der Waals surface area (Å²) in [5.74, 6) is 0.687. The van der Waals surface area contributed by atoms with Crippen molar-refractivity contribution < 1.29 is 9.59 Å². The van der Waals surface area contributed by atoms with Gasteiger partial charge in [0.25, 0.3) is 5.91 Å². The van der Waals surface area contributed by atoms with Gasteiger partial charge in [-0.15, -0.1) is 12.4 Å². The summed E-state index contributed by atoms with van der Waals surface area (Å²) >= 11 is 1.68. The van der Waals surface area contributed by atoms with Crippen molar-refractivity contribution >= 4 is 36.0 Å². The molecule has 2 amide bonds. The first-order valence-corrected chi connectivity index (χ1v) is 8.96. The third-order valence-electron chi connectivity index (χ3n) is 3.68. The van der Waals surface area contributed by atoms with Crippen molar-refractivity contribution in [2.24, 2.45) is 0 Å². The van der Waals surface area contributed by atoms with E-state index in [-0.39, 0.29) is 24.2 Å². The molecule has 23 heavy (non-hydrogen) atoms. The lowest BCUT2D eigenvalue weighted by molar-refractivity contribution is -0.133. The van der Waals surface area contributed by atoms with Gasteiger partial charge >= 0.3 is 0 Å². The van der Waals surface area contributed by atoms with Crippen LogP contribution < -0.4 is 10.6 Å². The van der Waals surface area contributed by atoms with Crippen molar-refractivity contribution in [1.29, 1.82) is 0 Å². The number of nitrogens with zero attached hydrogens (tertiary/aromatic N) is 1. The molecular weight excluding hydrogens is 334 g/mol. The van der Waals surface area contributed by atoms with E-state index in [0.29, 0.717) is 25.1 Å². The SMILES string of the molecule is CSCCC(NC(=O)c1ccccc1)C(=O)N1CCNCC1.Cl. The second-order valence-electron chi connectivity index (χ2n) is 5.25. The van der Waals surface area contributed by atoms with Gasteiger partial charge in [-0.3, -0.25) is 9.59 Å². The Labute approximate surface area is 148 Å². The maximum Gasteiger partial charge on any atom is 0.251 e. The molecule has 1 aliphatic rings. The number of benzene rings is 1. The molecule has 0 radical (unpaired) electrons. The first-order valence-electron chi connectivity index (χ1n) is 7.56. The minimum Gasteiger partial charge on any atom is -0.340 e. The highest BCUT2D eigenvalue weighted by molar-refractivity contribution is 7.98. The number of hydrogen-bond donors (Lipinski definition) is 2. The van der Waals surface area contributed by atoms with Gasteiger partial charge < -0.3 is 15.5 Å². The monoisotopic (exact) mass is 357 g/mol. The van der Waals surface area contributed by atoms with Gasteiger partial charge in [-0.05, 0) is 30.6 Å². The molecule has 128 valence electrons. The summed E-state index contributed by atoms with van der Waals surface area (Å²) in [6.45, 7) is 3.03. The smallest absolute Gasteiger partial charge is 0.251 e. The van der Waals surface area contributed by atoms with Crippen LogP contribution in [0.2, 0.25) is 0 Å². The molecular formula is C16H24ClN3O2S. The molecule has 0 bridgehead atoms. The van der Waals surface area contributed by atoms with Crippen LogP contribution in [0.4, 0.5) is 0 Å². The van der Waals surface area contributed by atoms with Crippen LogP contribution in [0.1, 0.15) is 16.8 Å². The zero-order valence-electron chi connectivity index (χ0n) is 13.3. The maximum absolute atomic E-state index is 12.6. The van der Waals surface area contributed by atoms with E-state index >= 15 is 0 Å². The van der Waals surface area contributed by atoms with Crippen molar-refractivity contribution in [3.63, 3.8) is 0 Å². The molecule has 0 aromatic heterocycles. The molecule has 1 aromatic carbocycles. The molecule has 1 unspecified atom stereocenters. The van der Waals surface area contributed by atoms with Crippen LogP contribution in [0.25, 0.3) is 0 Å². The third kappa shape index (κ3) is 6.05. The number of thioether (sulfide) groups is 1. The van der Waals surface area contributed by atoms with Gasteiger partial charge in [-0.2, -0.15) is 11.8 Å². The van der Waals surface area contributed by atoms with E-state index in [0.717, 1.165) is 18.8 Å². The fraction of sp³-hybridized carbons (Fsp3) is 0.500. The van der Waals surface area contributed by atoms with Crippen molar-refractivity contribution in [3.8, 4) is 0 Å². The van der Waals surface area contributed by atoms with Gasteiger partial charge in [-0.1, -0.05) is 18.2 Å². The Hall–Kier alpha value is -1.24. The Bertz CT molecular complexity index is 495. The largest absolute Gasteiger partial charge is 0.340 e. The van der Waals surface area contributed by atoms with Gasteiger partial charge in [0.2, 0.25) is 5.91 Å². The van der Waals surface area contributed by atoms with Gasteiger partial charge in [0, 0.05) is 31.7 Å². The number of hydrogen-bond acceptors (Lipinski definition) is 4. The normalized spacial score (nSPS) is 15.4. The van der Waals surface area contributed by atoms with E-state index in [4.69, 9.17) is 0 Å². The summed E-state index contributed by atoms with van der Waals surface area (Å²) < 4.78 is 0. The molecule has 1 aliphatic heterocycles. The summed E-state index contributed by atoms with van der Waals surface area (Å²) in [6.07, 6.45) is 2.66. The van der Waals surface area contributed by atoms with E-state index in [1.165, 1.54) is 0 Å². The van der Waals surface area contributed by atoms with Crippen LogP contribution in [-0.2, 0) is 4.79 Å². The summed E-state index contributed by atoms with van der Waals surface area (Å²) in [6, 6.07) is 8.59. The van der Waals surface area contributed by atoms with E-state index < -0.39 is 6.04 Å². The number of halogens is 1. The predicted molar refractivity (Wildman–Crippen MR) is 97.4 cm³/mol. The summed E-state index contributed by atoms with van der Waals surface area (Å²) in [5.41, 5.74) is 0.588. The number of amides is 2. The Morgan fingerprint density at radius 1 is 1.26 bits per heavy atom. The molecule has 5 nitrogen and oxygen atoms in total. The first kappa shape index (κ1) is 19.8. The van der Waals surface area contributed by atoms with Crippen LogP contribution >= 0.6 is 24.2 Å². The lowest BCUT2D eigenvalue weighted by atomic mass is 10.1. The number of rotatable bonds is 6. The lowest BCUT2D eigenvalue weighted by Gasteiger charge is -2.31. The highest BCUT2D eigenvalue weighted by Crippen LogP contribution is 2.08. The first-order chi connectivity index (χ1) is 10.7. The number of nitrogens with one attached hydrogen (secondary N) is 2. The Morgan fingerprint density at radius 2 is 1.91 bits per heavy atom. The molecule has 1 fully saturated rings. The molecule has 7 heteroatoms. The van der Waals surface area contributed by atoms with E-state index in [1.54, 1.807) is 23.9 Å². The molecule has 1 heterocycles. The van der Waals surface area contributed by atoms with Crippen molar-refractivity contribution in [2.45, 2.75) is 12.5 Å². The van der Waals surface area contributed by atoms with Crippen molar-refractivity contribution in [3.05, 3.63) is 35.9 Å². The molecule has 1 saturated heterocycles. The minimum atomic E-state index is -0.446. The van der Waals surface area contributed by atoms with Gasteiger partial charge in [0.05, 0.1) is 0 Å². The Kier molecular flexibility index (Phi) is 9.06. The van der Waals surface area contributed by atoms with Gasteiger partial charge in [0.1, 0.15) is 6.04 Å². The molecule has 2 rings (SSSR count). The van der Waals surface area contributed by atoms with Crippen LogP contribution in [0.5, 0.6) is 0 Å². The van der Waals surface area contributed by atoms with E-state index in [9.17, 15) is 9.59 Å². The fourth-order valence-corrected chi connectivity index (χ4v) is 2.90. The number of carbonyl (C=O) groups is 2. The Morgan fingerprint density at radius 3 is 2.52 bits per heavy atom. The van der Waals surface area contributed by atoms with E-state index in [1.807, 2.05) is 29.4 Å². The van der Waals surface area contributed by atoms with Crippen molar-refractivity contribution in [1.82, 2.24) is 15.5 Å². The number of piperazine rings is 1. The second kappa shape index (κ2) is 10.5. The van der Waals surface area contributed by atoms with Crippen LogP contribution in [0.15, 0.2) is 30.3 Å². The number of carbonyl (C=O) groups excluding carboxylic acids is 2. The average molecular weight is 358 g/mol. The average Bonchev–Trinajstić information content (AvgIpc) is 2.59.